The van der Waals surface area contributed by atoms with E-state index in [4.69, 9.17) is 9.72 Å². The standard InChI is InChI=1S/C29H30N4O2S/c1-18-4-6-22(35-17-21-8-12-33(21)3)16-24(18)27(34)32-29(9-10-29)25-14-20(28-30-11-13-36-28)15-26-23(25)7-5-19(2)31-26/h4-7,11,13-16,21H,8-10,12,17H2,1-3H3,(H,32,34)/t21-/m0/s1. The zero-order valence-corrected chi connectivity index (χ0v) is 21.7. The molecule has 184 valence electrons. The number of amides is 1. The van der Waals surface area contributed by atoms with E-state index in [2.05, 4.69) is 40.4 Å². The smallest absolute Gasteiger partial charge is 0.252 e. The first kappa shape index (κ1) is 23.1. The van der Waals surface area contributed by atoms with Gasteiger partial charge >= 0.3 is 0 Å². The summed E-state index contributed by atoms with van der Waals surface area (Å²) in [6, 6.07) is 14.7. The highest BCUT2D eigenvalue weighted by Gasteiger charge is 2.47. The molecule has 2 aromatic heterocycles. The van der Waals surface area contributed by atoms with Crippen LogP contribution in [0.3, 0.4) is 0 Å². The Kier molecular flexibility index (Phi) is 5.77. The number of rotatable bonds is 7. The van der Waals surface area contributed by atoms with Crippen molar-refractivity contribution in [2.24, 2.45) is 0 Å². The third kappa shape index (κ3) is 4.27. The van der Waals surface area contributed by atoms with Crippen LogP contribution in [-0.2, 0) is 5.54 Å². The first-order valence-corrected chi connectivity index (χ1v) is 13.4. The molecule has 3 heterocycles. The maximum atomic E-state index is 13.6. The number of likely N-dealkylation sites (tertiary alicyclic amines) is 1. The van der Waals surface area contributed by atoms with Crippen LogP contribution in [0, 0.1) is 13.8 Å². The molecule has 1 aliphatic heterocycles. The molecule has 6 nitrogen and oxygen atoms in total. The van der Waals surface area contributed by atoms with Gasteiger partial charge in [-0.1, -0.05) is 12.1 Å². The van der Waals surface area contributed by atoms with Crippen molar-refractivity contribution in [1.29, 1.82) is 0 Å². The highest BCUT2D eigenvalue weighted by Crippen LogP contribution is 2.49. The SMILES string of the molecule is Cc1ccc2c(C3(NC(=O)c4cc(OC[C@@H]5CCN5C)ccc4C)CC3)cc(-c3nccs3)cc2n1. The molecule has 0 radical (unpaired) electrons. The van der Waals surface area contributed by atoms with E-state index >= 15 is 0 Å². The van der Waals surface area contributed by atoms with E-state index in [9.17, 15) is 4.79 Å². The average Bonchev–Trinajstić information content (AvgIpc) is 3.42. The number of likely N-dealkylation sites (N-methyl/N-ethyl adjacent to an activating group) is 1. The number of hydrogen-bond donors (Lipinski definition) is 1. The van der Waals surface area contributed by atoms with E-state index in [1.807, 2.05) is 49.7 Å². The minimum atomic E-state index is -0.405. The number of fused-ring (bicyclic) bond motifs is 1. The van der Waals surface area contributed by atoms with Crippen molar-refractivity contribution in [1.82, 2.24) is 20.2 Å². The molecular weight excluding hydrogens is 468 g/mol. The maximum absolute atomic E-state index is 13.6. The number of aryl methyl sites for hydroxylation is 2. The summed E-state index contributed by atoms with van der Waals surface area (Å²) in [5.74, 6) is 0.677. The van der Waals surface area contributed by atoms with E-state index < -0.39 is 5.54 Å². The van der Waals surface area contributed by atoms with Crippen molar-refractivity contribution in [2.45, 2.75) is 44.7 Å². The summed E-state index contributed by atoms with van der Waals surface area (Å²) in [4.78, 5) is 25.2. The molecule has 1 aliphatic carbocycles. The van der Waals surface area contributed by atoms with Gasteiger partial charge in [-0.2, -0.15) is 0 Å². The second-order valence-corrected chi connectivity index (χ2v) is 11.0. The van der Waals surface area contributed by atoms with Crippen LogP contribution in [0.5, 0.6) is 5.75 Å². The van der Waals surface area contributed by atoms with Crippen LogP contribution >= 0.6 is 11.3 Å². The van der Waals surface area contributed by atoms with E-state index in [-0.39, 0.29) is 5.91 Å². The Hall–Kier alpha value is -3.29. The van der Waals surface area contributed by atoms with Gasteiger partial charge in [-0.05, 0) is 88.2 Å². The average molecular weight is 499 g/mol. The lowest BCUT2D eigenvalue weighted by molar-refractivity contribution is 0.0767. The molecule has 0 unspecified atom stereocenters. The van der Waals surface area contributed by atoms with E-state index in [1.54, 1.807) is 11.3 Å². The molecule has 1 N–H and O–H groups in total. The van der Waals surface area contributed by atoms with Crippen LogP contribution in [0.25, 0.3) is 21.5 Å². The second-order valence-electron chi connectivity index (χ2n) is 10.1. The summed E-state index contributed by atoms with van der Waals surface area (Å²) in [5, 5.41) is 7.42. The Morgan fingerprint density at radius 1 is 1.19 bits per heavy atom. The summed E-state index contributed by atoms with van der Waals surface area (Å²) in [6.07, 6.45) is 4.77. The number of thiazole rings is 1. The first-order chi connectivity index (χ1) is 17.4. The minimum absolute atomic E-state index is 0.0657. The van der Waals surface area contributed by atoms with Crippen LogP contribution in [-0.4, -0.2) is 47.0 Å². The third-order valence-corrected chi connectivity index (χ3v) is 8.40. The molecule has 2 aromatic carbocycles. The van der Waals surface area contributed by atoms with Gasteiger partial charge in [-0.15, -0.1) is 11.3 Å². The number of aromatic nitrogens is 2. The summed E-state index contributed by atoms with van der Waals surface area (Å²) < 4.78 is 6.05. The number of carbonyl (C=O) groups excluding carboxylic acids is 1. The Morgan fingerprint density at radius 2 is 2.06 bits per heavy atom. The number of pyridine rings is 1. The van der Waals surface area contributed by atoms with E-state index in [0.29, 0.717) is 18.2 Å². The lowest BCUT2D eigenvalue weighted by atomic mass is 9.95. The molecule has 1 saturated heterocycles. The molecule has 1 atom stereocenters. The summed E-state index contributed by atoms with van der Waals surface area (Å²) in [7, 11) is 2.12. The number of benzene rings is 2. The Bertz CT molecular complexity index is 1450. The van der Waals surface area contributed by atoms with Gasteiger partial charge in [0.1, 0.15) is 17.4 Å². The van der Waals surface area contributed by atoms with Gasteiger partial charge in [0, 0.05) is 39.8 Å². The van der Waals surface area contributed by atoms with Gasteiger partial charge in [-0.3, -0.25) is 14.7 Å². The number of hydrogen-bond acceptors (Lipinski definition) is 6. The number of carbonyl (C=O) groups is 1. The third-order valence-electron chi connectivity index (χ3n) is 7.58. The lowest BCUT2D eigenvalue weighted by Crippen LogP contribution is -2.48. The zero-order valence-electron chi connectivity index (χ0n) is 20.9. The van der Waals surface area contributed by atoms with Gasteiger partial charge in [-0.25, -0.2) is 4.98 Å². The van der Waals surface area contributed by atoms with Crippen LogP contribution in [0.4, 0.5) is 0 Å². The minimum Gasteiger partial charge on any atom is -0.492 e. The molecular formula is C29H30N4O2S. The molecule has 6 rings (SSSR count). The van der Waals surface area contributed by atoms with Crippen LogP contribution in [0.1, 0.15) is 46.4 Å². The Morgan fingerprint density at radius 3 is 2.75 bits per heavy atom. The van der Waals surface area contributed by atoms with Crippen LogP contribution < -0.4 is 10.1 Å². The largest absolute Gasteiger partial charge is 0.492 e. The van der Waals surface area contributed by atoms with E-state index in [1.165, 1.54) is 0 Å². The fraction of sp³-hybridized carbons (Fsp3) is 0.345. The van der Waals surface area contributed by atoms with E-state index in [0.717, 1.165) is 69.9 Å². The van der Waals surface area contributed by atoms with Crippen molar-refractivity contribution >= 4 is 28.1 Å². The van der Waals surface area contributed by atoms with Gasteiger partial charge in [0.05, 0.1) is 11.1 Å². The maximum Gasteiger partial charge on any atom is 0.252 e. The number of ether oxygens (including phenoxy) is 1. The fourth-order valence-electron chi connectivity index (χ4n) is 5.00. The molecule has 0 spiro atoms. The van der Waals surface area contributed by atoms with Gasteiger partial charge in [0.25, 0.3) is 5.91 Å². The van der Waals surface area contributed by atoms with Crippen LogP contribution in [0.15, 0.2) is 54.0 Å². The summed E-state index contributed by atoms with van der Waals surface area (Å²) in [6.45, 7) is 5.74. The monoisotopic (exact) mass is 498 g/mol. The van der Waals surface area contributed by atoms with Crippen molar-refractivity contribution in [3.63, 3.8) is 0 Å². The van der Waals surface area contributed by atoms with Crippen LogP contribution in [0.2, 0.25) is 0 Å². The molecule has 2 aliphatic rings. The van der Waals surface area contributed by atoms with Gasteiger partial charge < -0.3 is 10.1 Å². The first-order valence-electron chi connectivity index (χ1n) is 12.5. The highest BCUT2D eigenvalue weighted by molar-refractivity contribution is 7.13. The normalized spacial score (nSPS) is 18.6. The fourth-order valence-corrected chi connectivity index (χ4v) is 5.63. The summed E-state index contributed by atoms with van der Waals surface area (Å²) in [5.41, 5.74) is 5.26. The van der Waals surface area contributed by atoms with Gasteiger partial charge in [0.15, 0.2) is 0 Å². The van der Waals surface area contributed by atoms with Crippen molar-refractivity contribution in [3.8, 4) is 16.3 Å². The quantitative estimate of drug-likeness (QED) is 0.366. The van der Waals surface area contributed by atoms with Crippen molar-refractivity contribution < 1.29 is 9.53 Å². The molecule has 36 heavy (non-hydrogen) atoms. The number of nitrogens with one attached hydrogen (secondary N) is 1. The Labute approximate surface area is 215 Å². The summed E-state index contributed by atoms with van der Waals surface area (Å²) >= 11 is 1.61. The molecule has 1 saturated carbocycles. The zero-order chi connectivity index (χ0) is 24.9. The van der Waals surface area contributed by atoms with Crippen molar-refractivity contribution in [3.05, 3.63) is 76.4 Å². The Balaban J connectivity index is 1.31. The predicted octanol–water partition coefficient (Wildman–Crippen LogP) is 5.48. The lowest BCUT2D eigenvalue weighted by Gasteiger charge is -2.37. The van der Waals surface area contributed by atoms with Gasteiger partial charge in [0.2, 0.25) is 0 Å². The van der Waals surface area contributed by atoms with Crippen molar-refractivity contribution in [2.75, 3.05) is 20.2 Å². The molecule has 2 fully saturated rings. The molecule has 4 aromatic rings. The second kappa shape index (κ2) is 8.98. The predicted molar refractivity (Wildman–Crippen MR) is 144 cm³/mol. The molecule has 7 heteroatoms. The topological polar surface area (TPSA) is 67.3 Å². The highest BCUT2D eigenvalue weighted by atomic mass is 32.1. The molecule has 0 bridgehead atoms. The number of nitrogens with zero attached hydrogens (tertiary/aromatic N) is 3. The molecule has 1 amide bonds.